The van der Waals surface area contributed by atoms with Crippen LogP contribution in [-0.4, -0.2) is 23.1 Å². The summed E-state index contributed by atoms with van der Waals surface area (Å²) in [5.41, 5.74) is 0.720. The van der Waals surface area contributed by atoms with Gasteiger partial charge in [-0.1, -0.05) is 5.16 Å². The maximum absolute atomic E-state index is 11.9. The Labute approximate surface area is 123 Å². The van der Waals surface area contributed by atoms with Crippen LogP contribution in [0.3, 0.4) is 0 Å². The number of carbonyl (C=O) groups excluding carboxylic acids is 1. The Morgan fingerprint density at radius 1 is 1.58 bits per heavy atom. The molecule has 0 aromatic carbocycles. The lowest BCUT2D eigenvalue weighted by Gasteiger charge is -2.16. The number of hydrogen-bond donors (Lipinski definition) is 1. The third-order valence-electron chi connectivity index (χ3n) is 2.47. The fraction of sp³-hybridized carbons (Fsp3) is 0.333. The van der Waals surface area contributed by atoms with E-state index in [0.717, 1.165) is 20.1 Å². The van der Waals surface area contributed by atoms with Gasteiger partial charge in [-0.2, -0.15) is 0 Å². The van der Waals surface area contributed by atoms with Crippen LogP contribution in [0.1, 0.15) is 16.3 Å². The second-order valence-electron chi connectivity index (χ2n) is 4.15. The summed E-state index contributed by atoms with van der Waals surface area (Å²) in [4.78, 5) is 14.6. The van der Waals surface area contributed by atoms with Gasteiger partial charge in [0.2, 0.25) is 0 Å². The van der Waals surface area contributed by atoms with E-state index >= 15 is 0 Å². The minimum atomic E-state index is -0.134. The van der Waals surface area contributed by atoms with Crippen LogP contribution in [0.4, 0.5) is 4.79 Å². The molecule has 1 N–H and O–H groups in total. The molecule has 19 heavy (non-hydrogen) atoms. The van der Waals surface area contributed by atoms with Gasteiger partial charge < -0.3 is 14.7 Å². The molecule has 0 bridgehead atoms. The highest BCUT2D eigenvalue weighted by Crippen LogP contribution is 2.22. The maximum atomic E-state index is 11.9. The summed E-state index contributed by atoms with van der Waals surface area (Å²) in [6.07, 6.45) is 0. The van der Waals surface area contributed by atoms with Crippen LogP contribution < -0.4 is 5.32 Å². The number of nitrogens with one attached hydrogen (secondary N) is 1. The molecular formula is C12H14BrN3O2S. The van der Waals surface area contributed by atoms with E-state index < -0.39 is 0 Å². The number of hydrogen-bond acceptors (Lipinski definition) is 4. The molecule has 2 heterocycles. The van der Waals surface area contributed by atoms with Gasteiger partial charge in [-0.25, -0.2) is 4.79 Å². The summed E-state index contributed by atoms with van der Waals surface area (Å²) in [6, 6.07) is 5.64. The van der Waals surface area contributed by atoms with Crippen LogP contribution in [0.2, 0.25) is 0 Å². The van der Waals surface area contributed by atoms with Crippen LogP contribution in [0, 0.1) is 6.92 Å². The van der Waals surface area contributed by atoms with Crippen molar-refractivity contribution in [2.45, 2.75) is 20.0 Å². The summed E-state index contributed by atoms with van der Waals surface area (Å²) in [5, 5.41) is 6.62. The molecule has 7 heteroatoms. The van der Waals surface area contributed by atoms with Crippen molar-refractivity contribution in [1.82, 2.24) is 15.4 Å². The molecule has 0 saturated carbocycles. The van der Waals surface area contributed by atoms with Crippen molar-refractivity contribution in [2.24, 2.45) is 0 Å². The predicted molar refractivity (Wildman–Crippen MR) is 77.0 cm³/mol. The van der Waals surface area contributed by atoms with E-state index in [9.17, 15) is 4.79 Å². The van der Waals surface area contributed by atoms with Gasteiger partial charge in [-0.3, -0.25) is 0 Å². The number of aromatic nitrogens is 1. The normalized spacial score (nSPS) is 10.5. The van der Waals surface area contributed by atoms with Gasteiger partial charge in [0, 0.05) is 18.0 Å². The molecule has 0 unspecified atom stereocenters. The molecular weight excluding hydrogens is 330 g/mol. The van der Waals surface area contributed by atoms with Crippen molar-refractivity contribution >= 4 is 33.3 Å². The van der Waals surface area contributed by atoms with Gasteiger partial charge in [-0.05, 0) is 35.0 Å². The van der Waals surface area contributed by atoms with Gasteiger partial charge in [0.25, 0.3) is 0 Å². The lowest BCUT2D eigenvalue weighted by atomic mass is 10.4. The highest BCUT2D eigenvalue weighted by Gasteiger charge is 2.11. The number of halogens is 1. The molecule has 0 aliphatic carbocycles. The Bertz CT molecular complexity index is 567. The molecule has 0 saturated heterocycles. The molecule has 0 spiro atoms. The average molecular weight is 344 g/mol. The summed E-state index contributed by atoms with van der Waals surface area (Å²) < 4.78 is 6.00. The molecule has 2 amide bonds. The molecule has 0 aliphatic rings. The zero-order chi connectivity index (χ0) is 13.8. The third-order valence-corrected chi connectivity index (χ3v) is 4.07. The molecule has 0 atom stereocenters. The molecule has 0 fully saturated rings. The predicted octanol–water partition coefficient (Wildman–Crippen LogP) is 3.15. The highest BCUT2D eigenvalue weighted by atomic mass is 79.9. The number of nitrogens with zero attached hydrogens (tertiary/aromatic N) is 2. The number of aryl methyl sites for hydroxylation is 1. The standard InChI is InChI=1S/C12H14BrN3O2S/c1-8-5-9(15-18-8)6-14-12(17)16(2)7-10-3-4-11(13)19-10/h3-5H,6-7H2,1-2H3,(H,14,17). The molecule has 2 rings (SSSR count). The first-order valence-electron chi connectivity index (χ1n) is 5.70. The Morgan fingerprint density at radius 3 is 2.95 bits per heavy atom. The van der Waals surface area contributed by atoms with Gasteiger partial charge in [-0.15, -0.1) is 11.3 Å². The molecule has 5 nitrogen and oxygen atoms in total. The average Bonchev–Trinajstić information content (AvgIpc) is 2.95. The van der Waals surface area contributed by atoms with E-state index in [2.05, 4.69) is 26.4 Å². The fourth-order valence-electron chi connectivity index (χ4n) is 1.54. The summed E-state index contributed by atoms with van der Waals surface area (Å²) in [5.74, 6) is 0.737. The Balaban J connectivity index is 1.82. The fourth-order valence-corrected chi connectivity index (χ4v) is 3.08. The summed E-state index contributed by atoms with van der Waals surface area (Å²) >= 11 is 5.02. The number of amides is 2. The topological polar surface area (TPSA) is 58.4 Å². The second-order valence-corrected chi connectivity index (χ2v) is 6.70. The molecule has 0 radical (unpaired) electrons. The largest absolute Gasteiger partial charge is 0.361 e. The minimum absolute atomic E-state index is 0.134. The van der Waals surface area contributed by atoms with Crippen molar-refractivity contribution in [3.63, 3.8) is 0 Å². The van der Waals surface area contributed by atoms with E-state index in [1.807, 2.05) is 19.1 Å². The Morgan fingerprint density at radius 2 is 2.37 bits per heavy atom. The molecule has 2 aromatic heterocycles. The first kappa shape index (κ1) is 14.1. The summed E-state index contributed by atoms with van der Waals surface area (Å²) in [7, 11) is 1.76. The minimum Gasteiger partial charge on any atom is -0.361 e. The number of rotatable bonds is 4. The van der Waals surface area contributed by atoms with Gasteiger partial charge in [0.15, 0.2) is 0 Å². The molecule has 0 aliphatic heterocycles. The van der Waals surface area contributed by atoms with E-state index in [-0.39, 0.29) is 6.03 Å². The lowest BCUT2D eigenvalue weighted by molar-refractivity contribution is 0.206. The van der Waals surface area contributed by atoms with Gasteiger partial charge in [0.05, 0.1) is 16.9 Å². The van der Waals surface area contributed by atoms with Gasteiger partial charge in [0.1, 0.15) is 11.5 Å². The van der Waals surface area contributed by atoms with E-state index in [1.54, 1.807) is 29.4 Å². The zero-order valence-electron chi connectivity index (χ0n) is 10.6. The van der Waals surface area contributed by atoms with Crippen LogP contribution >= 0.6 is 27.3 Å². The number of thiophene rings is 1. The first-order valence-corrected chi connectivity index (χ1v) is 7.31. The quantitative estimate of drug-likeness (QED) is 0.927. The molecule has 102 valence electrons. The van der Waals surface area contributed by atoms with Crippen LogP contribution in [0.15, 0.2) is 26.5 Å². The Hall–Kier alpha value is -1.34. The highest BCUT2D eigenvalue weighted by molar-refractivity contribution is 9.11. The van der Waals surface area contributed by atoms with E-state index in [0.29, 0.717) is 13.1 Å². The van der Waals surface area contributed by atoms with Crippen LogP contribution in [-0.2, 0) is 13.1 Å². The Kier molecular flexibility index (Phi) is 4.60. The van der Waals surface area contributed by atoms with Gasteiger partial charge >= 0.3 is 6.03 Å². The van der Waals surface area contributed by atoms with Crippen molar-refractivity contribution in [1.29, 1.82) is 0 Å². The van der Waals surface area contributed by atoms with Crippen molar-refractivity contribution in [2.75, 3.05) is 7.05 Å². The number of carbonyl (C=O) groups is 1. The number of urea groups is 1. The first-order chi connectivity index (χ1) is 9.04. The smallest absolute Gasteiger partial charge is 0.317 e. The van der Waals surface area contributed by atoms with Crippen molar-refractivity contribution < 1.29 is 9.32 Å². The zero-order valence-corrected chi connectivity index (χ0v) is 13.0. The van der Waals surface area contributed by atoms with Crippen LogP contribution in [0.25, 0.3) is 0 Å². The second kappa shape index (κ2) is 6.21. The molecule has 2 aromatic rings. The van der Waals surface area contributed by atoms with Crippen molar-refractivity contribution in [3.05, 3.63) is 38.3 Å². The lowest BCUT2D eigenvalue weighted by Crippen LogP contribution is -2.36. The van der Waals surface area contributed by atoms with E-state index in [1.165, 1.54) is 0 Å². The van der Waals surface area contributed by atoms with Crippen LogP contribution in [0.5, 0.6) is 0 Å². The van der Waals surface area contributed by atoms with Crippen molar-refractivity contribution in [3.8, 4) is 0 Å². The van der Waals surface area contributed by atoms with E-state index in [4.69, 9.17) is 4.52 Å². The maximum Gasteiger partial charge on any atom is 0.317 e. The monoisotopic (exact) mass is 343 g/mol. The third kappa shape index (κ3) is 4.07. The summed E-state index contributed by atoms with van der Waals surface area (Å²) in [6.45, 7) is 2.77. The SMILES string of the molecule is Cc1cc(CNC(=O)N(C)Cc2ccc(Br)s2)no1.